The lowest BCUT2D eigenvalue weighted by molar-refractivity contribution is -0.142. The first kappa shape index (κ1) is 18.4. The van der Waals surface area contributed by atoms with Crippen LogP contribution in [0.3, 0.4) is 0 Å². The summed E-state index contributed by atoms with van der Waals surface area (Å²) in [6.45, 7) is 9.84. The van der Waals surface area contributed by atoms with Gasteiger partial charge in [0.1, 0.15) is 0 Å². The van der Waals surface area contributed by atoms with E-state index in [2.05, 4.69) is 11.9 Å². The molecule has 0 aromatic rings. The molecule has 3 N–H and O–H groups in total. The first-order valence-corrected chi connectivity index (χ1v) is 6.68. The molecule has 0 heterocycles. The van der Waals surface area contributed by atoms with E-state index in [0.29, 0.717) is 13.0 Å². The molecule has 0 aliphatic carbocycles. The molecule has 0 saturated carbocycles. The predicted molar refractivity (Wildman–Crippen MR) is 77.5 cm³/mol. The zero-order valence-corrected chi connectivity index (χ0v) is 12.6. The topological polar surface area (TPSA) is 89.9 Å². The third-order valence-electron chi connectivity index (χ3n) is 2.71. The van der Waals surface area contributed by atoms with E-state index in [1.54, 1.807) is 6.08 Å². The maximum absolute atomic E-state index is 11.9. The van der Waals surface area contributed by atoms with Crippen LogP contribution >= 0.6 is 0 Å². The van der Waals surface area contributed by atoms with Crippen molar-refractivity contribution >= 4 is 12.0 Å². The number of carboxylic acids is 1. The summed E-state index contributed by atoms with van der Waals surface area (Å²) in [5.41, 5.74) is -0.125. The molecule has 0 aliphatic heterocycles. The van der Waals surface area contributed by atoms with Crippen LogP contribution in [0.1, 0.15) is 27.2 Å². The number of nitrogens with zero attached hydrogens (tertiary/aromatic N) is 1. The van der Waals surface area contributed by atoms with Gasteiger partial charge >= 0.3 is 12.0 Å². The molecule has 0 spiro atoms. The van der Waals surface area contributed by atoms with E-state index >= 15 is 0 Å². The highest BCUT2D eigenvalue weighted by Gasteiger charge is 2.25. The third-order valence-corrected chi connectivity index (χ3v) is 2.71. The summed E-state index contributed by atoms with van der Waals surface area (Å²) in [5.74, 6) is -1.55. The highest BCUT2D eigenvalue weighted by molar-refractivity contribution is 5.76. The van der Waals surface area contributed by atoms with Gasteiger partial charge in [0.25, 0.3) is 0 Å². The number of aliphatic carboxylic acids is 1. The molecule has 0 aromatic heterocycles. The second-order valence-corrected chi connectivity index (χ2v) is 5.94. The van der Waals surface area contributed by atoms with Crippen molar-refractivity contribution in [3.63, 3.8) is 0 Å². The normalized spacial score (nSPS) is 12.6. The summed E-state index contributed by atoms with van der Waals surface area (Å²) >= 11 is 0. The summed E-state index contributed by atoms with van der Waals surface area (Å²) < 4.78 is 0. The van der Waals surface area contributed by atoms with Gasteiger partial charge in [-0.2, -0.15) is 0 Å². The average molecular weight is 286 g/mol. The van der Waals surface area contributed by atoms with Crippen LogP contribution in [0.25, 0.3) is 0 Å². The van der Waals surface area contributed by atoms with Crippen molar-refractivity contribution in [1.29, 1.82) is 0 Å². The second-order valence-electron chi connectivity index (χ2n) is 5.94. The Morgan fingerprint density at radius 2 is 2.00 bits per heavy atom. The van der Waals surface area contributed by atoms with Crippen LogP contribution in [0.2, 0.25) is 0 Å². The Bertz CT molecular complexity index is 337. The van der Waals surface area contributed by atoms with Crippen LogP contribution in [0.4, 0.5) is 4.79 Å². The first-order valence-electron chi connectivity index (χ1n) is 6.68. The lowest BCUT2D eigenvalue weighted by atomic mass is 9.84. The first-order chi connectivity index (χ1) is 9.21. The van der Waals surface area contributed by atoms with Crippen molar-refractivity contribution in [2.24, 2.45) is 11.3 Å². The van der Waals surface area contributed by atoms with Gasteiger partial charge in [-0.1, -0.05) is 26.8 Å². The number of hydrogen-bond acceptors (Lipinski definition) is 3. The van der Waals surface area contributed by atoms with Crippen LogP contribution < -0.4 is 5.32 Å². The van der Waals surface area contributed by atoms with Crippen molar-refractivity contribution in [2.75, 3.05) is 26.2 Å². The van der Waals surface area contributed by atoms with Crippen molar-refractivity contribution in [1.82, 2.24) is 10.2 Å². The summed E-state index contributed by atoms with van der Waals surface area (Å²) in [7, 11) is 0. The standard InChI is InChI=1S/C14H26N2O4/c1-5-6-16(7-8-17)13(20)15-10-11(12(18)19)9-14(2,3)4/h5,11,17H,1,6-10H2,2-4H3,(H,15,20)(H,18,19). The number of aliphatic hydroxyl groups excluding tert-OH is 1. The minimum absolute atomic E-state index is 0.0739. The van der Waals surface area contributed by atoms with E-state index in [4.69, 9.17) is 5.11 Å². The van der Waals surface area contributed by atoms with Crippen LogP contribution in [0.15, 0.2) is 12.7 Å². The van der Waals surface area contributed by atoms with Gasteiger partial charge in [0.2, 0.25) is 0 Å². The molecular weight excluding hydrogens is 260 g/mol. The zero-order valence-electron chi connectivity index (χ0n) is 12.6. The minimum Gasteiger partial charge on any atom is -0.481 e. The number of aliphatic hydroxyl groups is 1. The molecule has 0 bridgehead atoms. The molecule has 2 amide bonds. The molecule has 0 rings (SSSR count). The lowest BCUT2D eigenvalue weighted by Crippen LogP contribution is -2.44. The van der Waals surface area contributed by atoms with E-state index in [1.165, 1.54) is 4.90 Å². The summed E-state index contributed by atoms with van der Waals surface area (Å²) in [5, 5.41) is 20.7. The maximum atomic E-state index is 11.9. The second kappa shape index (κ2) is 8.58. The van der Waals surface area contributed by atoms with E-state index in [0.717, 1.165) is 0 Å². The van der Waals surface area contributed by atoms with Crippen molar-refractivity contribution < 1.29 is 19.8 Å². The summed E-state index contributed by atoms with van der Waals surface area (Å²) in [6.07, 6.45) is 2.03. The van der Waals surface area contributed by atoms with Gasteiger partial charge in [0.15, 0.2) is 0 Å². The zero-order chi connectivity index (χ0) is 15.8. The summed E-state index contributed by atoms with van der Waals surface area (Å²) in [4.78, 5) is 24.4. The van der Waals surface area contributed by atoms with Crippen LogP contribution in [0, 0.1) is 11.3 Å². The fourth-order valence-corrected chi connectivity index (χ4v) is 1.86. The molecule has 0 aliphatic rings. The summed E-state index contributed by atoms with van der Waals surface area (Å²) in [6, 6.07) is -0.390. The van der Waals surface area contributed by atoms with Crippen LogP contribution in [0.5, 0.6) is 0 Å². The smallest absolute Gasteiger partial charge is 0.317 e. The minimum atomic E-state index is -0.919. The van der Waals surface area contributed by atoms with Gasteiger partial charge in [-0.05, 0) is 11.8 Å². The Hall–Kier alpha value is -1.56. The molecular formula is C14H26N2O4. The van der Waals surface area contributed by atoms with Gasteiger partial charge in [0.05, 0.1) is 12.5 Å². The monoisotopic (exact) mass is 286 g/mol. The van der Waals surface area contributed by atoms with Crippen molar-refractivity contribution in [2.45, 2.75) is 27.2 Å². The fraction of sp³-hybridized carbons (Fsp3) is 0.714. The SMILES string of the molecule is C=CCN(CCO)C(=O)NCC(CC(C)(C)C)C(=O)O. The number of amides is 2. The Morgan fingerprint density at radius 1 is 1.40 bits per heavy atom. The molecule has 0 radical (unpaired) electrons. The molecule has 1 atom stereocenters. The lowest BCUT2D eigenvalue weighted by Gasteiger charge is -2.25. The number of urea groups is 1. The van der Waals surface area contributed by atoms with Gasteiger partial charge in [-0.15, -0.1) is 6.58 Å². The molecule has 6 heteroatoms. The highest BCUT2D eigenvalue weighted by atomic mass is 16.4. The molecule has 0 aromatic carbocycles. The van der Waals surface area contributed by atoms with Gasteiger partial charge in [0, 0.05) is 19.6 Å². The average Bonchev–Trinajstić information content (AvgIpc) is 2.32. The largest absolute Gasteiger partial charge is 0.481 e. The quantitative estimate of drug-likeness (QED) is 0.587. The Labute approximate surface area is 120 Å². The van der Waals surface area contributed by atoms with E-state index < -0.39 is 11.9 Å². The third kappa shape index (κ3) is 7.78. The number of carboxylic acid groups (broad SMARTS) is 1. The van der Waals surface area contributed by atoms with Crippen molar-refractivity contribution in [3.8, 4) is 0 Å². The molecule has 20 heavy (non-hydrogen) atoms. The number of rotatable bonds is 8. The van der Waals surface area contributed by atoms with Gasteiger partial charge < -0.3 is 20.4 Å². The number of carbonyl (C=O) groups excluding carboxylic acids is 1. The van der Waals surface area contributed by atoms with Gasteiger partial charge in [-0.25, -0.2) is 4.79 Å². The Kier molecular flexibility index (Phi) is 7.91. The molecule has 116 valence electrons. The van der Waals surface area contributed by atoms with Crippen LogP contribution in [-0.4, -0.2) is 53.4 Å². The van der Waals surface area contributed by atoms with E-state index in [1.807, 2.05) is 20.8 Å². The number of carbonyl (C=O) groups is 2. The Balaban J connectivity index is 4.49. The Morgan fingerprint density at radius 3 is 2.40 bits per heavy atom. The van der Waals surface area contributed by atoms with Crippen LogP contribution in [-0.2, 0) is 4.79 Å². The molecule has 1 unspecified atom stereocenters. The highest BCUT2D eigenvalue weighted by Crippen LogP contribution is 2.24. The van der Waals surface area contributed by atoms with E-state index in [-0.39, 0.29) is 31.1 Å². The molecule has 0 saturated heterocycles. The van der Waals surface area contributed by atoms with E-state index in [9.17, 15) is 14.7 Å². The number of nitrogens with one attached hydrogen (secondary N) is 1. The van der Waals surface area contributed by atoms with Crippen molar-refractivity contribution in [3.05, 3.63) is 12.7 Å². The fourth-order valence-electron chi connectivity index (χ4n) is 1.86. The molecule has 6 nitrogen and oxygen atoms in total. The number of hydrogen-bond donors (Lipinski definition) is 3. The predicted octanol–water partition coefficient (Wildman–Crippen LogP) is 1.31. The van der Waals surface area contributed by atoms with Gasteiger partial charge in [-0.3, -0.25) is 4.79 Å². The molecule has 0 fully saturated rings. The maximum Gasteiger partial charge on any atom is 0.317 e.